The van der Waals surface area contributed by atoms with Gasteiger partial charge in [-0.1, -0.05) is 0 Å². The normalized spacial score (nSPS) is 17.3. The third-order valence-electron chi connectivity index (χ3n) is 4.73. The van der Waals surface area contributed by atoms with Gasteiger partial charge in [-0.2, -0.15) is 33.0 Å². The van der Waals surface area contributed by atoms with Crippen molar-refractivity contribution in [2.45, 2.75) is 25.1 Å². The Morgan fingerprint density at radius 1 is 1.24 bits per heavy atom. The van der Waals surface area contributed by atoms with Crippen LogP contribution in [0.4, 0.5) is 29.1 Å². The predicted molar refractivity (Wildman–Crippen MR) is 95.8 cm³/mol. The molecular weight excluding hydrogens is 390 g/mol. The molecule has 0 saturated carbocycles. The molecule has 3 heterocycles. The molecule has 0 aliphatic carbocycles. The molecule has 1 N–H and O–H groups in total. The molecular formula is C18H15F4N7. The van der Waals surface area contributed by atoms with E-state index in [0.717, 1.165) is 18.8 Å². The van der Waals surface area contributed by atoms with Gasteiger partial charge in [-0.05, 0) is 31.0 Å². The van der Waals surface area contributed by atoms with Gasteiger partial charge in [-0.25, -0.2) is 9.37 Å². The SMILES string of the molecule is N#Cc1ccc(N2CCCC(Nc3cc(C(F)(F)F)nc4ncnn34)C2)c(F)c1. The molecule has 2 aromatic heterocycles. The van der Waals surface area contributed by atoms with Crippen LogP contribution in [0.2, 0.25) is 0 Å². The first-order valence-corrected chi connectivity index (χ1v) is 8.84. The van der Waals surface area contributed by atoms with Gasteiger partial charge in [-0.15, -0.1) is 0 Å². The number of benzene rings is 1. The number of halogens is 4. The lowest BCUT2D eigenvalue weighted by atomic mass is 10.0. The van der Waals surface area contributed by atoms with E-state index >= 15 is 0 Å². The van der Waals surface area contributed by atoms with Crippen LogP contribution < -0.4 is 10.2 Å². The number of anilines is 2. The third kappa shape index (κ3) is 3.78. The van der Waals surface area contributed by atoms with Crippen LogP contribution in [0.3, 0.4) is 0 Å². The molecule has 4 rings (SSSR count). The number of nitrogens with one attached hydrogen (secondary N) is 1. The fourth-order valence-corrected chi connectivity index (χ4v) is 3.42. The molecule has 1 fully saturated rings. The molecule has 0 radical (unpaired) electrons. The number of hydrogen-bond acceptors (Lipinski definition) is 6. The number of nitrogens with zero attached hydrogens (tertiary/aromatic N) is 6. The van der Waals surface area contributed by atoms with Crippen molar-refractivity contribution in [2.75, 3.05) is 23.3 Å². The summed E-state index contributed by atoms with van der Waals surface area (Å²) in [5.41, 5.74) is -0.485. The molecule has 7 nitrogen and oxygen atoms in total. The smallest absolute Gasteiger partial charge is 0.367 e. The minimum absolute atomic E-state index is 0.118. The zero-order chi connectivity index (χ0) is 20.6. The number of rotatable bonds is 3. The minimum Gasteiger partial charge on any atom is -0.367 e. The van der Waals surface area contributed by atoms with Crippen molar-refractivity contribution in [1.29, 1.82) is 5.26 Å². The first-order valence-electron chi connectivity index (χ1n) is 8.84. The Morgan fingerprint density at radius 3 is 2.79 bits per heavy atom. The van der Waals surface area contributed by atoms with Crippen molar-refractivity contribution in [1.82, 2.24) is 19.6 Å². The summed E-state index contributed by atoms with van der Waals surface area (Å²) in [6.07, 6.45) is -2.08. The number of hydrogen-bond donors (Lipinski definition) is 1. The highest BCUT2D eigenvalue weighted by molar-refractivity contribution is 5.53. The van der Waals surface area contributed by atoms with Crippen molar-refractivity contribution in [3.8, 4) is 6.07 Å². The quantitative estimate of drug-likeness (QED) is 0.674. The van der Waals surface area contributed by atoms with Crippen molar-refractivity contribution in [3.63, 3.8) is 0 Å². The maximum Gasteiger partial charge on any atom is 0.433 e. The molecule has 11 heteroatoms. The number of aromatic nitrogens is 4. The fourth-order valence-electron chi connectivity index (χ4n) is 3.42. The van der Waals surface area contributed by atoms with Gasteiger partial charge in [0.2, 0.25) is 0 Å². The van der Waals surface area contributed by atoms with Crippen LogP contribution in [0.1, 0.15) is 24.1 Å². The van der Waals surface area contributed by atoms with E-state index in [2.05, 4.69) is 20.4 Å². The standard InChI is InChI=1S/C18H15F4N7/c19-13-6-11(8-23)3-4-14(13)28-5-1-2-12(9-28)26-16-7-15(18(20,21)22)27-17-24-10-25-29(16)17/h3-4,6-7,10,12,26H,1-2,5,9H2. The number of nitriles is 1. The van der Waals surface area contributed by atoms with Gasteiger partial charge >= 0.3 is 6.18 Å². The summed E-state index contributed by atoms with van der Waals surface area (Å²) in [6.45, 7) is 0.979. The maximum absolute atomic E-state index is 14.4. The summed E-state index contributed by atoms with van der Waals surface area (Å²) >= 11 is 0. The van der Waals surface area contributed by atoms with Gasteiger partial charge < -0.3 is 10.2 Å². The van der Waals surface area contributed by atoms with Crippen molar-refractivity contribution >= 4 is 17.3 Å². The summed E-state index contributed by atoms with van der Waals surface area (Å²) < 4.78 is 55.0. The highest BCUT2D eigenvalue weighted by Crippen LogP contribution is 2.30. The average molecular weight is 405 g/mol. The Labute approximate surface area is 162 Å². The van der Waals surface area contributed by atoms with Gasteiger partial charge in [0.1, 0.15) is 18.0 Å². The van der Waals surface area contributed by atoms with Gasteiger partial charge in [0.05, 0.1) is 17.3 Å². The van der Waals surface area contributed by atoms with Crippen LogP contribution in [0.15, 0.2) is 30.6 Å². The number of fused-ring (bicyclic) bond motifs is 1. The predicted octanol–water partition coefficient (Wildman–Crippen LogP) is 3.23. The zero-order valence-corrected chi connectivity index (χ0v) is 15.0. The molecule has 1 aliphatic heterocycles. The first kappa shape index (κ1) is 18.9. The van der Waals surface area contributed by atoms with Gasteiger partial charge in [0.25, 0.3) is 5.78 Å². The highest BCUT2D eigenvalue weighted by atomic mass is 19.4. The maximum atomic E-state index is 14.4. The van der Waals surface area contributed by atoms with Crippen molar-refractivity contribution in [3.05, 3.63) is 47.7 Å². The molecule has 29 heavy (non-hydrogen) atoms. The van der Waals surface area contributed by atoms with Crippen molar-refractivity contribution < 1.29 is 17.6 Å². The lowest BCUT2D eigenvalue weighted by molar-refractivity contribution is -0.141. The Morgan fingerprint density at radius 2 is 2.07 bits per heavy atom. The van der Waals surface area contributed by atoms with Gasteiger partial charge in [-0.3, -0.25) is 0 Å². The molecule has 0 bridgehead atoms. The molecule has 150 valence electrons. The molecule has 1 atom stereocenters. The third-order valence-corrected chi connectivity index (χ3v) is 4.73. The number of alkyl halides is 3. The summed E-state index contributed by atoms with van der Waals surface area (Å²) in [5.74, 6) is -0.549. The largest absolute Gasteiger partial charge is 0.433 e. The monoisotopic (exact) mass is 405 g/mol. The molecule has 3 aromatic rings. The Kier molecular flexibility index (Phi) is 4.70. The second-order valence-corrected chi connectivity index (χ2v) is 6.70. The van der Waals surface area contributed by atoms with Crippen LogP contribution in [0, 0.1) is 17.1 Å². The van der Waals surface area contributed by atoms with Crippen LogP contribution in [-0.4, -0.2) is 38.7 Å². The summed E-state index contributed by atoms with van der Waals surface area (Å²) in [4.78, 5) is 9.05. The summed E-state index contributed by atoms with van der Waals surface area (Å²) in [6, 6.07) is 6.78. The van der Waals surface area contributed by atoms with Crippen LogP contribution in [-0.2, 0) is 6.18 Å². The minimum atomic E-state index is -4.62. The molecule has 1 aromatic carbocycles. The highest BCUT2D eigenvalue weighted by Gasteiger charge is 2.34. The summed E-state index contributed by atoms with van der Waals surface area (Å²) in [7, 11) is 0. The number of piperidine rings is 1. The van der Waals surface area contributed by atoms with E-state index in [1.807, 2.05) is 11.0 Å². The van der Waals surface area contributed by atoms with Crippen LogP contribution >= 0.6 is 0 Å². The van der Waals surface area contributed by atoms with E-state index in [9.17, 15) is 17.6 Å². The van der Waals surface area contributed by atoms with Gasteiger partial charge in [0.15, 0.2) is 5.69 Å². The fraction of sp³-hybridized carbons (Fsp3) is 0.333. The second kappa shape index (κ2) is 7.20. The summed E-state index contributed by atoms with van der Waals surface area (Å²) in [5, 5.41) is 15.9. The molecule has 1 saturated heterocycles. The Bertz CT molecular complexity index is 1090. The Balaban J connectivity index is 1.59. The van der Waals surface area contributed by atoms with Crippen molar-refractivity contribution in [2.24, 2.45) is 0 Å². The van der Waals surface area contributed by atoms with Gasteiger partial charge in [0, 0.05) is 25.2 Å². The van der Waals surface area contributed by atoms with E-state index in [1.54, 1.807) is 6.07 Å². The van der Waals surface area contributed by atoms with Crippen LogP contribution in [0.25, 0.3) is 5.78 Å². The van der Waals surface area contributed by atoms with E-state index in [1.165, 1.54) is 16.6 Å². The van der Waals surface area contributed by atoms with E-state index in [0.29, 0.717) is 25.2 Å². The zero-order valence-electron chi connectivity index (χ0n) is 15.0. The molecule has 1 aliphatic rings. The topological polar surface area (TPSA) is 82.1 Å². The Hall–Kier alpha value is -3.42. The average Bonchev–Trinajstić information content (AvgIpc) is 3.16. The lowest BCUT2D eigenvalue weighted by Gasteiger charge is -2.35. The molecule has 0 amide bonds. The molecule has 0 spiro atoms. The first-order chi connectivity index (χ1) is 13.8. The van der Waals surface area contributed by atoms with E-state index in [-0.39, 0.29) is 23.2 Å². The lowest BCUT2D eigenvalue weighted by Crippen LogP contribution is -2.43. The second-order valence-electron chi connectivity index (χ2n) is 6.70. The molecule has 1 unspecified atom stereocenters. The van der Waals surface area contributed by atoms with E-state index in [4.69, 9.17) is 5.26 Å². The van der Waals surface area contributed by atoms with Crippen LogP contribution in [0.5, 0.6) is 0 Å². The van der Waals surface area contributed by atoms with E-state index < -0.39 is 17.7 Å².